The minimum Gasteiger partial charge on any atom is -0.196 e. The van der Waals surface area contributed by atoms with Crippen LogP contribution in [0.3, 0.4) is 0 Å². The van der Waals surface area contributed by atoms with Crippen LogP contribution in [0.15, 0.2) is 4.52 Å². The van der Waals surface area contributed by atoms with Gasteiger partial charge in [-0.2, -0.15) is 5.53 Å². The Balaban J connectivity index is 2.30. The van der Waals surface area contributed by atoms with Crippen molar-refractivity contribution in [3.8, 4) is 0 Å². The number of hydrogen-bond acceptors (Lipinski definition) is 3. The second kappa shape index (κ2) is 3.24. The van der Waals surface area contributed by atoms with Gasteiger partial charge in [-0.05, 0) is 10.7 Å². The van der Waals surface area contributed by atoms with E-state index in [2.05, 4.69) is 4.52 Å². The van der Waals surface area contributed by atoms with E-state index in [4.69, 9.17) is 16.2 Å². The fourth-order valence-electron chi connectivity index (χ4n) is 0. The van der Waals surface area contributed by atoms with Crippen molar-refractivity contribution >= 4 is 21.8 Å². The third-order valence-electron chi connectivity index (χ3n) is 0.0345. The molecule has 24 valence electrons. The van der Waals surface area contributed by atoms with E-state index < -0.39 is 0 Å². The van der Waals surface area contributed by atoms with Crippen LogP contribution in [0, 0.1) is 5.53 Å². The average Bonchev–Trinajstić information content (AvgIpc) is 1.37. The van der Waals surface area contributed by atoms with E-state index in [1.807, 2.05) is 0 Å². The number of nitrogens with zero attached hydrogens (tertiary/aromatic N) is 1. The normalized spacial score (nSPS) is 6.25. The van der Waals surface area contributed by atoms with Gasteiger partial charge >= 0.3 is 0 Å². The van der Waals surface area contributed by atoms with E-state index in [1.54, 1.807) is 0 Å². The zero-order valence-corrected chi connectivity index (χ0v) is 3.31. The molecule has 0 aliphatic rings. The lowest BCUT2D eigenvalue weighted by atomic mass is 13.3. The van der Waals surface area contributed by atoms with Gasteiger partial charge in [0.05, 0.1) is 0 Å². The summed E-state index contributed by atoms with van der Waals surface area (Å²) in [5, 5.41) is 0. The quantitative estimate of drug-likeness (QED) is 0.392. The standard InChI is InChI=1S/ClHN2S/c1-4-3-2/h2H. The highest BCUT2D eigenvalue weighted by Crippen LogP contribution is 2.03. The molecule has 0 aromatic heterocycles. The molecule has 0 radical (unpaired) electrons. The highest BCUT2D eigenvalue weighted by Gasteiger charge is 1.51. The molecule has 0 bridgehead atoms. The third kappa shape index (κ3) is 2.24. The van der Waals surface area contributed by atoms with Gasteiger partial charge in [-0.15, -0.1) is 4.52 Å². The first kappa shape index (κ1) is 4.24. The molecule has 0 aliphatic carbocycles. The second-order valence-electron chi connectivity index (χ2n) is 0.160. The van der Waals surface area contributed by atoms with Gasteiger partial charge in [0.2, 0.25) is 0 Å². The van der Waals surface area contributed by atoms with Gasteiger partial charge in [-0.1, -0.05) is 0 Å². The summed E-state index contributed by atoms with van der Waals surface area (Å²) in [6.07, 6.45) is 0. The molecule has 0 saturated carbocycles. The first-order valence-electron chi connectivity index (χ1n) is 0.560. The molecule has 0 saturated heterocycles. The Labute approximate surface area is 32.7 Å². The van der Waals surface area contributed by atoms with Crippen LogP contribution in [0.2, 0.25) is 0 Å². The Morgan fingerprint density at radius 3 is 2.25 bits per heavy atom. The van der Waals surface area contributed by atoms with Crippen molar-refractivity contribution in [2.75, 3.05) is 0 Å². The molecule has 0 spiro atoms. The van der Waals surface area contributed by atoms with Gasteiger partial charge in [0.1, 0.15) is 11.2 Å². The van der Waals surface area contributed by atoms with Gasteiger partial charge in [-0.25, -0.2) is 0 Å². The van der Waals surface area contributed by atoms with E-state index >= 15 is 0 Å². The fourth-order valence-corrected chi connectivity index (χ4v) is 0. The van der Waals surface area contributed by atoms with Crippen molar-refractivity contribution in [2.45, 2.75) is 0 Å². The van der Waals surface area contributed by atoms with Crippen molar-refractivity contribution in [1.29, 1.82) is 5.53 Å². The van der Waals surface area contributed by atoms with Crippen LogP contribution in [-0.2, 0) is 0 Å². The molecule has 0 rings (SSSR count). The average molecular weight is 96.5 g/mol. The molecule has 4 heteroatoms. The maximum absolute atomic E-state index is 5.91. The van der Waals surface area contributed by atoms with Gasteiger partial charge in [-0.3, -0.25) is 0 Å². The van der Waals surface area contributed by atoms with Crippen LogP contribution in [0.25, 0.3) is 0 Å². The maximum atomic E-state index is 5.91. The van der Waals surface area contributed by atoms with Crippen molar-refractivity contribution in [3.63, 3.8) is 0 Å². The zero-order valence-electron chi connectivity index (χ0n) is 1.73. The first-order valence-corrected chi connectivity index (χ1v) is 2.16. The molecule has 0 atom stereocenters. The maximum Gasteiger partial charge on any atom is 0.106 e. The topological polar surface area (TPSA) is 36.2 Å². The zero-order chi connectivity index (χ0) is 3.41. The predicted molar refractivity (Wildman–Crippen MR) is 18.6 cm³/mol. The Hall–Kier alpha value is 0.240. The summed E-state index contributed by atoms with van der Waals surface area (Å²) in [6, 6.07) is 0. The molecule has 0 fully saturated rings. The summed E-state index contributed by atoms with van der Waals surface area (Å²) >= 11 is 0.620. The lowest BCUT2D eigenvalue weighted by Gasteiger charge is -1.52. The van der Waals surface area contributed by atoms with Crippen LogP contribution in [0.1, 0.15) is 0 Å². The molecule has 0 heterocycles. The molecule has 0 amide bonds. The number of halogens is 1. The van der Waals surface area contributed by atoms with Crippen molar-refractivity contribution in [3.05, 3.63) is 0 Å². The Bertz CT molecular complexity index is 20.0. The summed E-state index contributed by atoms with van der Waals surface area (Å²) in [4.78, 5) is 0. The lowest BCUT2D eigenvalue weighted by molar-refractivity contribution is 1.26. The molecule has 1 N–H and O–H groups in total. The highest BCUT2D eigenvalue weighted by molar-refractivity contribution is 8.19. The molecule has 2 nitrogen and oxygen atoms in total. The van der Waals surface area contributed by atoms with Gasteiger partial charge in [0, 0.05) is 0 Å². The van der Waals surface area contributed by atoms with Crippen LogP contribution >= 0.6 is 21.8 Å². The summed E-state index contributed by atoms with van der Waals surface area (Å²) in [6.45, 7) is 0. The minimum atomic E-state index is 0.620. The van der Waals surface area contributed by atoms with E-state index in [1.165, 1.54) is 0 Å². The van der Waals surface area contributed by atoms with E-state index in [0.29, 0.717) is 11.2 Å². The number of nitrogens with one attached hydrogen (secondary N) is 1. The van der Waals surface area contributed by atoms with Crippen molar-refractivity contribution in [1.82, 2.24) is 0 Å². The second-order valence-corrected chi connectivity index (χ2v) is 0.895. The summed E-state index contributed by atoms with van der Waals surface area (Å²) in [7, 11) is 4.75. The van der Waals surface area contributed by atoms with E-state index in [0.717, 1.165) is 0 Å². The summed E-state index contributed by atoms with van der Waals surface area (Å²) < 4.78 is 2.67. The third-order valence-corrected chi connectivity index (χ3v) is 0.311. The molecular formula is HClN2S. The van der Waals surface area contributed by atoms with Crippen molar-refractivity contribution < 1.29 is 0 Å². The van der Waals surface area contributed by atoms with Crippen LogP contribution < -0.4 is 0 Å². The molecule has 0 aromatic rings. The first-order chi connectivity index (χ1) is 1.91. The van der Waals surface area contributed by atoms with E-state index in [9.17, 15) is 0 Å². The number of hydrogen-bond donors (Lipinski definition) is 1. The molecule has 0 unspecified atom stereocenters. The lowest BCUT2D eigenvalue weighted by Crippen LogP contribution is -1.09. The SMILES string of the molecule is N=NSCl. The van der Waals surface area contributed by atoms with E-state index in [-0.39, 0.29) is 0 Å². The predicted octanol–water partition coefficient (Wildman–Crippen LogP) is 1.82. The molecular weight excluding hydrogens is 95.5 g/mol. The smallest absolute Gasteiger partial charge is 0.106 e. The van der Waals surface area contributed by atoms with Crippen LogP contribution in [0.5, 0.6) is 0 Å². The van der Waals surface area contributed by atoms with Gasteiger partial charge in [0.25, 0.3) is 0 Å². The highest BCUT2D eigenvalue weighted by atomic mass is 35.7. The monoisotopic (exact) mass is 96.0 g/mol. The minimum absolute atomic E-state index is 0.620. The van der Waals surface area contributed by atoms with Crippen LogP contribution in [0.4, 0.5) is 0 Å². The largest absolute Gasteiger partial charge is 0.196 e. The fraction of sp³-hybridized carbons (Fsp3) is 0. The molecule has 0 aromatic carbocycles. The molecule has 4 heavy (non-hydrogen) atoms. The number of rotatable bonds is 1. The molecule has 0 aliphatic heterocycles. The Morgan fingerprint density at radius 2 is 2.25 bits per heavy atom. The Kier molecular flexibility index (Phi) is 3.43. The Morgan fingerprint density at radius 1 is 2.00 bits per heavy atom. The van der Waals surface area contributed by atoms with Crippen LogP contribution in [-0.4, -0.2) is 0 Å². The van der Waals surface area contributed by atoms with Crippen molar-refractivity contribution in [2.24, 2.45) is 4.52 Å². The summed E-state index contributed by atoms with van der Waals surface area (Å²) in [5.74, 6) is 0. The van der Waals surface area contributed by atoms with Gasteiger partial charge < -0.3 is 0 Å². The summed E-state index contributed by atoms with van der Waals surface area (Å²) in [5.41, 5.74) is 5.91. The van der Waals surface area contributed by atoms with Gasteiger partial charge in [0.15, 0.2) is 0 Å².